The number of carbonyl (C=O) groups is 11. The van der Waals surface area contributed by atoms with Gasteiger partial charge in [-0.25, -0.2) is 0 Å². The van der Waals surface area contributed by atoms with Crippen LogP contribution in [0.4, 0.5) is 0 Å². The predicted octanol–water partition coefficient (Wildman–Crippen LogP) is -7.39. The summed E-state index contributed by atoms with van der Waals surface area (Å²) in [5.41, 5.74) is 45.9. The minimum atomic E-state index is -1.61. The van der Waals surface area contributed by atoms with Crippen molar-refractivity contribution in [3.8, 4) is 5.75 Å². The molecule has 3 rings (SSSR count). The third-order valence-corrected chi connectivity index (χ3v) is 18.0. The Morgan fingerprint density at radius 2 is 0.617 bits per heavy atom. The molecule has 0 saturated carbocycles. The number of amides is 11. The Labute approximate surface area is 669 Å². The molecule has 0 bridgehead atoms. The van der Waals surface area contributed by atoms with Crippen LogP contribution in [0.25, 0.3) is 10.9 Å². The van der Waals surface area contributed by atoms with Gasteiger partial charge in [0.15, 0.2) is 41.7 Å². The standard InChI is InChI=1S/C69H117N33O12S/c1-37(103)93-44(15-6-27-86-64(73)74)54(106)95-46(17-8-29-88-66(77)78)58(110)100-50(25-33-115-2)60(112)101-51(34-38-21-23-40(104)24-22-38)61(113)98-47(18-9-30-89-67(79)80)56(108)97-49(20-11-32-91-69(83)84)59(111)102-52(35-39-36-92-42-13-4-3-12-41(39)42)62(114)99-48(19-10-31-90-68(81)82)57(109)96-45(16-7-28-87-65(75)76)55(107)94-43(53(70)105)14-5-26-85-63(71)72/h3-4,12-13,21-24,36,43-52,92,104H,5-11,14-20,25-35H2,1-2H3,(H2,70,105)(H,93,103)(H,94,107)(H,95,106)(H,96,109)(H,97,108)(H,98,113)(H,99,114)(H,100,110)(H,101,112)(H,102,111)(H4,71,72,85)(H4,73,74,86)(H4,75,76,87)(H4,77,78,88)(H4,79,80,89)(H4,81,82,90)(H4,83,84,91)/t43-,44-,45-,46-,47-,48-,49-,50-,51-,52-/m1/s1. The number of nitrogens with one attached hydrogen (secondary N) is 25. The molecule has 1 aromatic heterocycles. The molecular weight excluding hydrogens is 1520 g/mol. The summed E-state index contributed by atoms with van der Waals surface area (Å²) in [6, 6.07) is -1.99. The van der Waals surface area contributed by atoms with E-state index in [-0.39, 0.29) is 190 Å². The molecule has 42 N–H and O–H groups in total. The second kappa shape index (κ2) is 52.4. The Bertz CT molecular complexity index is 3790. The van der Waals surface area contributed by atoms with E-state index in [1.165, 1.54) is 43.0 Å². The van der Waals surface area contributed by atoms with Gasteiger partial charge in [-0.2, -0.15) is 11.8 Å². The van der Waals surface area contributed by atoms with Crippen molar-refractivity contribution in [3.63, 3.8) is 0 Å². The second-order valence-electron chi connectivity index (χ2n) is 26.8. The van der Waals surface area contributed by atoms with Gasteiger partial charge in [-0.1, -0.05) is 30.3 Å². The van der Waals surface area contributed by atoms with Crippen LogP contribution in [-0.4, -0.2) is 235 Å². The maximum atomic E-state index is 15.3. The SMILES string of the molecule is CSCC[C@@H](NC(=O)[C@@H](CCCNC(=N)N)NC(=O)[C@@H](CCCNC(=N)N)NC(C)=O)C(=O)N[C@H](Cc1ccc(O)cc1)C(=O)N[C@H](CCCNC(=N)N)C(=O)N[C@H](CCCNC(=N)N)C(=O)N[C@H](Cc1c[nH]c2ccccc12)C(=O)N[C@H](CCCNC(=N)N)C(=O)N[C@H](CCCNC(=N)N)C(=O)N[C@H](CCCNC(=N)N)C(N)=O. The van der Waals surface area contributed by atoms with Gasteiger partial charge in [0, 0.05) is 82.7 Å². The Balaban J connectivity index is 2.19. The zero-order chi connectivity index (χ0) is 85.5. The van der Waals surface area contributed by atoms with Gasteiger partial charge in [0.1, 0.15) is 66.2 Å². The summed E-state index contributed by atoms with van der Waals surface area (Å²) in [5.74, 6) is -12.3. The summed E-state index contributed by atoms with van der Waals surface area (Å²) in [6.45, 7) is 1.60. The number of rotatable bonds is 55. The van der Waals surface area contributed by atoms with Crippen LogP contribution < -0.4 is 136 Å². The number of aromatic nitrogens is 1. The molecule has 0 unspecified atom stereocenters. The van der Waals surface area contributed by atoms with Crippen LogP contribution in [0.15, 0.2) is 54.7 Å². The average Bonchev–Trinajstić information content (AvgIpc) is 1.58. The van der Waals surface area contributed by atoms with Crippen LogP contribution in [0, 0.1) is 37.9 Å². The molecule has 115 heavy (non-hydrogen) atoms. The number of H-pyrrole nitrogens is 1. The molecule has 0 aliphatic heterocycles. The number of carbonyl (C=O) groups excluding carboxylic acids is 11. The molecule has 1 heterocycles. The third kappa shape index (κ3) is 39.8. The lowest BCUT2D eigenvalue weighted by Gasteiger charge is -2.29. The average molecular weight is 1630 g/mol. The van der Waals surface area contributed by atoms with Gasteiger partial charge in [0.25, 0.3) is 0 Å². The van der Waals surface area contributed by atoms with E-state index in [4.69, 9.17) is 83.7 Å². The van der Waals surface area contributed by atoms with Crippen molar-refractivity contribution in [3.05, 3.63) is 65.9 Å². The number of nitrogens with two attached hydrogens (primary N) is 8. The maximum absolute atomic E-state index is 15.3. The number of aromatic hydroxyl groups is 1. The smallest absolute Gasteiger partial charge is 0.243 e. The minimum Gasteiger partial charge on any atom is -0.508 e. The van der Waals surface area contributed by atoms with Crippen molar-refractivity contribution < 1.29 is 57.8 Å². The van der Waals surface area contributed by atoms with Crippen LogP contribution in [0.3, 0.4) is 0 Å². The highest BCUT2D eigenvalue weighted by Crippen LogP contribution is 2.21. The molecule has 2 aromatic carbocycles. The fourth-order valence-electron chi connectivity index (χ4n) is 11.6. The van der Waals surface area contributed by atoms with Crippen molar-refractivity contribution >= 4 is 129 Å². The van der Waals surface area contributed by atoms with E-state index in [2.05, 4.69) is 95.4 Å². The molecule has 11 amide bonds. The fourth-order valence-corrected chi connectivity index (χ4v) is 12.1. The molecular formula is C69H117N33O12S. The normalized spacial score (nSPS) is 13.4. The van der Waals surface area contributed by atoms with Crippen molar-refractivity contribution in [2.24, 2.45) is 45.9 Å². The molecule has 0 aliphatic carbocycles. The summed E-state index contributed by atoms with van der Waals surface area (Å²) in [7, 11) is 0. The molecule has 0 spiro atoms. The Morgan fingerprint density at radius 3 is 0.913 bits per heavy atom. The molecule has 636 valence electrons. The topological polar surface area (TPSA) is 803 Å². The van der Waals surface area contributed by atoms with Gasteiger partial charge in [-0.3, -0.25) is 90.6 Å². The summed E-state index contributed by atoms with van der Waals surface area (Å²) in [5, 5.41) is 110. The number of phenols is 1. The van der Waals surface area contributed by atoms with Crippen LogP contribution in [0.1, 0.15) is 114 Å². The van der Waals surface area contributed by atoms with Gasteiger partial charge in [0.2, 0.25) is 65.0 Å². The van der Waals surface area contributed by atoms with Gasteiger partial charge < -0.3 is 146 Å². The van der Waals surface area contributed by atoms with Crippen LogP contribution in [0.2, 0.25) is 0 Å². The molecule has 46 heteroatoms. The number of benzene rings is 2. The number of hydrogen-bond donors (Lipinski definition) is 34. The third-order valence-electron chi connectivity index (χ3n) is 17.4. The number of phenolic OH excluding ortho intramolecular Hbond substituents is 1. The van der Waals surface area contributed by atoms with Gasteiger partial charge in [-0.15, -0.1) is 0 Å². The lowest BCUT2D eigenvalue weighted by Crippen LogP contribution is -2.61. The first-order valence-corrected chi connectivity index (χ1v) is 38.6. The molecule has 3 aromatic rings. The molecule has 0 fully saturated rings. The predicted molar refractivity (Wildman–Crippen MR) is 435 cm³/mol. The van der Waals surface area contributed by atoms with Crippen molar-refractivity contribution in [1.82, 2.24) is 95.4 Å². The maximum Gasteiger partial charge on any atom is 0.243 e. The first kappa shape index (κ1) is 96.4. The summed E-state index contributed by atoms with van der Waals surface area (Å²) in [4.78, 5) is 161. The zero-order valence-corrected chi connectivity index (χ0v) is 65.4. The number of thioether (sulfide) groups is 1. The van der Waals surface area contributed by atoms with Crippen molar-refractivity contribution in [2.75, 3.05) is 57.8 Å². The van der Waals surface area contributed by atoms with Crippen molar-refractivity contribution in [2.45, 2.75) is 176 Å². The number of para-hydroxylation sites is 1. The van der Waals surface area contributed by atoms with E-state index >= 15 is 19.2 Å². The van der Waals surface area contributed by atoms with Crippen molar-refractivity contribution in [1.29, 1.82) is 37.9 Å². The highest BCUT2D eigenvalue weighted by molar-refractivity contribution is 7.98. The van der Waals surface area contributed by atoms with E-state index in [0.29, 0.717) is 22.0 Å². The minimum absolute atomic E-state index is 0.00954. The second-order valence-corrected chi connectivity index (χ2v) is 27.8. The monoisotopic (exact) mass is 1630 g/mol. The van der Waals surface area contributed by atoms with E-state index in [1.54, 1.807) is 36.7 Å². The van der Waals surface area contributed by atoms with Gasteiger partial charge in [-0.05, 0) is 138 Å². The molecule has 10 atom stereocenters. The quantitative estimate of drug-likeness (QED) is 0.0142. The Kier molecular flexibility index (Phi) is 43.9. The van der Waals surface area contributed by atoms with E-state index in [9.17, 15) is 38.7 Å². The molecule has 0 aliphatic rings. The van der Waals surface area contributed by atoms with E-state index in [0.717, 1.165) is 0 Å². The molecule has 45 nitrogen and oxygen atoms in total. The van der Waals surface area contributed by atoms with Gasteiger partial charge >= 0.3 is 0 Å². The van der Waals surface area contributed by atoms with Crippen LogP contribution in [0.5, 0.6) is 5.75 Å². The highest BCUT2D eigenvalue weighted by atomic mass is 32.2. The first-order valence-electron chi connectivity index (χ1n) is 37.2. The summed E-state index contributed by atoms with van der Waals surface area (Å²) in [6.07, 6.45) is 2.67. The van der Waals surface area contributed by atoms with Gasteiger partial charge in [0.05, 0.1) is 0 Å². The Hall–Kier alpha value is -12.8. The largest absolute Gasteiger partial charge is 0.508 e. The van der Waals surface area contributed by atoms with Crippen LogP contribution in [-0.2, 0) is 65.6 Å². The fraction of sp³-hybridized carbons (Fsp3) is 0.536. The molecule has 0 saturated heterocycles. The summed E-state index contributed by atoms with van der Waals surface area (Å²) < 4.78 is 0. The lowest BCUT2D eigenvalue weighted by atomic mass is 10.0. The number of aromatic amines is 1. The number of primary amides is 1. The van der Waals surface area contributed by atoms with E-state index in [1.807, 2.05) is 0 Å². The van der Waals surface area contributed by atoms with E-state index < -0.39 is 143 Å². The number of hydrogen-bond acceptors (Lipinski definition) is 20. The summed E-state index contributed by atoms with van der Waals surface area (Å²) >= 11 is 1.31. The first-order chi connectivity index (χ1) is 54.6. The number of fused-ring (bicyclic) bond motifs is 1. The molecule has 0 radical (unpaired) electrons. The van der Waals surface area contributed by atoms with Crippen LogP contribution >= 0.6 is 11.8 Å². The number of guanidine groups is 7. The highest BCUT2D eigenvalue weighted by Gasteiger charge is 2.37. The zero-order valence-electron chi connectivity index (χ0n) is 64.6. The lowest BCUT2D eigenvalue weighted by molar-refractivity contribution is -0.136. The Morgan fingerprint density at radius 1 is 0.357 bits per heavy atom.